The Labute approximate surface area is 138 Å². The number of hydrogen-bond donors (Lipinski definition) is 1. The van der Waals surface area contributed by atoms with Crippen LogP contribution < -0.4 is 4.57 Å². The Hall–Kier alpha value is -0.790. The predicted molar refractivity (Wildman–Crippen MR) is 96.2 cm³/mol. The highest BCUT2D eigenvalue weighted by molar-refractivity contribution is 4.87. The highest BCUT2D eigenvalue weighted by Gasteiger charge is 2.21. The van der Waals surface area contributed by atoms with Gasteiger partial charge in [0.15, 0.2) is 0 Å². The fraction of sp³-hybridized carbons (Fsp3) is 0.850. The monoisotopic (exact) mass is 307 g/mol. The first-order valence-electron chi connectivity index (χ1n) is 9.79. The van der Waals surface area contributed by atoms with Crippen LogP contribution in [0.25, 0.3) is 0 Å². The molecule has 1 aromatic rings. The van der Waals surface area contributed by atoms with Crippen molar-refractivity contribution in [1.29, 1.82) is 0 Å². The molecule has 0 spiro atoms. The maximum absolute atomic E-state index is 3.48. The molecular formula is C20H39N2+. The third-order valence-corrected chi connectivity index (χ3v) is 4.90. The van der Waals surface area contributed by atoms with Crippen LogP contribution in [0.2, 0.25) is 0 Å². The summed E-state index contributed by atoms with van der Waals surface area (Å²) in [6.45, 7) is 9.30. The quantitative estimate of drug-likeness (QED) is 0.326. The van der Waals surface area contributed by atoms with E-state index < -0.39 is 0 Å². The van der Waals surface area contributed by atoms with E-state index in [9.17, 15) is 0 Å². The summed E-state index contributed by atoms with van der Waals surface area (Å²) in [5, 5.41) is 0. The molecule has 0 radical (unpaired) electrons. The summed E-state index contributed by atoms with van der Waals surface area (Å²) >= 11 is 0. The summed E-state index contributed by atoms with van der Waals surface area (Å²) in [5.41, 5.74) is 0. The zero-order valence-corrected chi connectivity index (χ0v) is 15.5. The minimum Gasteiger partial charge on any atom is -0.247 e. The molecule has 0 saturated carbocycles. The first-order valence-corrected chi connectivity index (χ1v) is 9.79. The molecular weight excluding hydrogens is 268 g/mol. The van der Waals surface area contributed by atoms with Gasteiger partial charge in [-0.3, -0.25) is 0 Å². The molecule has 2 nitrogen and oxygen atoms in total. The normalized spacial score (nSPS) is 14.2. The van der Waals surface area contributed by atoms with Crippen molar-refractivity contribution < 1.29 is 4.57 Å². The van der Waals surface area contributed by atoms with Crippen LogP contribution in [0.5, 0.6) is 0 Å². The molecule has 2 unspecified atom stereocenters. The van der Waals surface area contributed by atoms with Crippen molar-refractivity contribution in [2.45, 2.75) is 110 Å². The third-order valence-electron chi connectivity index (χ3n) is 4.90. The van der Waals surface area contributed by atoms with Crippen LogP contribution in [0.1, 0.15) is 116 Å². The van der Waals surface area contributed by atoms with Gasteiger partial charge in [0.25, 0.3) is 5.82 Å². The van der Waals surface area contributed by atoms with Gasteiger partial charge in [0, 0.05) is 0 Å². The maximum Gasteiger partial charge on any atom is 0.257 e. The standard InChI is InChI=1S/C20H38N2/c1-5-7-9-10-11-12-13-15-19(4)22-17-16-21-20(22)18(3)14-8-6-2/h16-19H,5-15H2,1-4H3/p+1. The molecule has 128 valence electrons. The van der Waals surface area contributed by atoms with Gasteiger partial charge in [-0.15, -0.1) is 0 Å². The van der Waals surface area contributed by atoms with E-state index in [1.54, 1.807) is 0 Å². The summed E-state index contributed by atoms with van der Waals surface area (Å²) in [4.78, 5) is 3.48. The molecule has 1 rings (SSSR count). The molecule has 1 aromatic heterocycles. The third kappa shape index (κ3) is 6.98. The highest BCUT2D eigenvalue weighted by atomic mass is 15.1. The number of nitrogens with one attached hydrogen (secondary N) is 1. The van der Waals surface area contributed by atoms with Crippen LogP contribution in [0.3, 0.4) is 0 Å². The summed E-state index contributed by atoms with van der Waals surface area (Å²) in [6, 6.07) is 0.626. The molecule has 0 aliphatic carbocycles. The van der Waals surface area contributed by atoms with E-state index in [4.69, 9.17) is 0 Å². The summed E-state index contributed by atoms with van der Waals surface area (Å²) < 4.78 is 2.48. The van der Waals surface area contributed by atoms with Crippen LogP contribution in [-0.2, 0) is 0 Å². The molecule has 0 aliphatic rings. The van der Waals surface area contributed by atoms with Crippen molar-refractivity contribution in [2.24, 2.45) is 0 Å². The van der Waals surface area contributed by atoms with Gasteiger partial charge in [0.1, 0.15) is 12.4 Å². The molecule has 0 aliphatic heterocycles. The van der Waals surface area contributed by atoms with Gasteiger partial charge in [-0.1, -0.05) is 72.1 Å². The Kier molecular flexibility index (Phi) is 10.3. The van der Waals surface area contributed by atoms with Gasteiger partial charge < -0.3 is 0 Å². The highest BCUT2D eigenvalue weighted by Crippen LogP contribution is 2.19. The van der Waals surface area contributed by atoms with Crippen molar-refractivity contribution in [2.75, 3.05) is 0 Å². The van der Waals surface area contributed by atoms with Crippen LogP contribution in [0.15, 0.2) is 12.4 Å². The minimum absolute atomic E-state index is 0.626. The molecule has 1 N–H and O–H groups in total. The first-order chi connectivity index (χ1) is 10.7. The smallest absolute Gasteiger partial charge is 0.247 e. The molecule has 1 heterocycles. The molecule has 0 bridgehead atoms. The number of nitrogens with zero attached hydrogens (tertiary/aromatic N) is 1. The molecule has 2 heteroatoms. The van der Waals surface area contributed by atoms with Crippen molar-refractivity contribution >= 4 is 0 Å². The number of unbranched alkanes of at least 4 members (excludes halogenated alkanes) is 7. The Balaban J connectivity index is 2.30. The van der Waals surface area contributed by atoms with Crippen LogP contribution in [0, 0.1) is 0 Å². The lowest BCUT2D eigenvalue weighted by molar-refractivity contribution is -0.727. The Morgan fingerprint density at radius 1 is 0.864 bits per heavy atom. The molecule has 22 heavy (non-hydrogen) atoms. The number of aromatic nitrogens is 2. The molecule has 0 aromatic carbocycles. The van der Waals surface area contributed by atoms with Crippen molar-refractivity contribution in [3.63, 3.8) is 0 Å². The molecule has 0 saturated heterocycles. The van der Waals surface area contributed by atoms with Crippen LogP contribution in [-0.4, -0.2) is 4.98 Å². The number of aromatic amines is 1. The van der Waals surface area contributed by atoms with Crippen molar-refractivity contribution in [3.8, 4) is 0 Å². The van der Waals surface area contributed by atoms with E-state index in [-0.39, 0.29) is 0 Å². The number of imidazole rings is 1. The molecule has 0 fully saturated rings. The van der Waals surface area contributed by atoms with Gasteiger partial charge >= 0.3 is 0 Å². The van der Waals surface area contributed by atoms with Gasteiger partial charge in [0.05, 0.1) is 12.0 Å². The first kappa shape index (κ1) is 19.3. The zero-order chi connectivity index (χ0) is 16.2. The fourth-order valence-electron chi connectivity index (χ4n) is 3.32. The van der Waals surface area contributed by atoms with E-state index in [2.05, 4.69) is 49.6 Å². The lowest BCUT2D eigenvalue weighted by Crippen LogP contribution is -2.40. The second-order valence-electron chi connectivity index (χ2n) is 7.05. The Morgan fingerprint density at radius 3 is 2.18 bits per heavy atom. The van der Waals surface area contributed by atoms with Gasteiger partial charge in [-0.05, 0) is 26.2 Å². The summed E-state index contributed by atoms with van der Waals surface area (Å²) in [5.74, 6) is 2.07. The van der Waals surface area contributed by atoms with Crippen molar-refractivity contribution in [3.05, 3.63) is 18.2 Å². The Bertz CT molecular complexity index is 370. The van der Waals surface area contributed by atoms with Crippen molar-refractivity contribution in [1.82, 2.24) is 4.98 Å². The number of rotatable bonds is 13. The van der Waals surface area contributed by atoms with Gasteiger partial charge in [-0.2, -0.15) is 0 Å². The van der Waals surface area contributed by atoms with E-state index in [0.29, 0.717) is 12.0 Å². The van der Waals surface area contributed by atoms with Crippen LogP contribution >= 0.6 is 0 Å². The van der Waals surface area contributed by atoms with Gasteiger partial charge in [-0.25, -0.2) is 9.55 Å². The second kappa shape index (κ2) is 11.7. The van der Waals surface area contributed by atoms with Gasteiger partial charge in [0.2, 0.25) is 0 Å². The predicted octanol–water partition coefficient (Wildman–Crippen LogP) is 6.30. The topological polar surface area (TPSA) is 19.7 Å². The number of hydrogen-bond acceptors (Lipinski definition) is 0. The average Bonchev–Trinajstić information content (AvgIpc) is 3.01. The second-order valence-corrected chi connectivity index (χ2v) is 7.05. The lowest BCUT2D eigenvalue weighted by Gasteiger charge is -2.13. The largest absolute Gasteiger partial charge is 0.257 e. The Morgan fingerprint density at radius 2 is 1.50 bits per heavy atom. The molecule has 0 amide bonds. The lowest BCUT2D eigenvalue weighted by atomic mass is 10.0. The maximum atomic E-state index is 3.48. The summed E-state index contributed by atoms with van der Waals surface area (Å²) in [7, 11) is 0. The van der Waals surface area contributed by atoms with E-state index in [1.807, 2.05) is 0 Å². The average molecular weight is 308 g/mol. The fourth-order valence-corrected chi connectivity index (χ4v) is 3.32. The SMILES string of the molecule is CCCCCCCCCC(C)[n+]1cc[nH]c1C(C)CCCC. The number of H-pyrrole nitrogens is 1. The summed E-state index contributed by atoms with van der Waals surface area (Å²) in [6.07, 6.45) is 19.4. The molecule has 2 atom stereocenters. The van der Waals surface area contributed by atoms with E-state index in [0.717, 1.165) is 0 Å². The minimum atomic E-state index is 0.626. The van der Waals surface area contributed by atoms with Crippen LogP contribution in [0.4, 0.5) is 0 Å². The van der Waals surface area contributed by atoms with E-state index in [1.165, 1.54) is 76.5 Å². The zero-order valence-electron chi connectivity index (χ0n) is 15.5. The van der Waals surface area contributed by atoms with E-state index >= 15 is 0 Å².